The van der Waals surface area contributed by atoms with Crippen molar-refractivity contribution in [1.29, 1.82) is 0 Å². The summed E-state index contributed by atoms with van der Waals surface area (Å²) in [5.41, 5.74) is 0.293. The van der Waals surface area contributed by atoms with Gasteiger partial charge in [0, 0.05) is 5.69 Å². The number of alkyl halides is 3. The lowest BCUT2D eigenvalue weighted by molar-refractivity contribution is -0.274. The van der Waals surface area contributed by atoms with Crippen LogP contribution in [0.3, 0.4) is 0 Å². The number of hydrogen-bond donors (Lipinski definition) is 1. The Morgan fingerprint density at radius 1 is 0.913 bits per heavy atom. The van der Waals surface area contributed by atoms with Gasteiger partial charge in [-0.3, -0.25) is 4.72 Å². The number of rotatable bonds is 5. The molecule has 0 radical (unpaired) electrons. The zero-order valence-corrected chi connectivity index (χ0v) is 12.6. The van der Waals surface area contributed by atoms with E-state index in [1.54, 1.807) is 12.1 Å². The number of nitrogens with one attached hydrogen (secondary N) is 1. The molecule has 23 heavy (non-hydrogen) atoms. The first kappa shape index (κ1) is 16.9. The molecular formula is C14H12F3NO4S. The quantitative estimate of drug-likeness (QED) is 0.900. The van der Waals surface area contributed by atoms with Crippen molar-refractivity contribution in [3.8, 4) is 11.5 Å². The second kappa shape index (κ2) is 6.37. The minimum Gasteiger partial charge on any atom is -0.497 e. The first-order chi connectivity index (χ1) is 10.7. The molecule has 0 saturated carbocycles. The fourth-order valence-electron chi connectivity index (χ4n) is 1.69. The topological polar surface area (TPSA) is 64.6 Å². The van der Waals surface area contributed by atoms with Crippen molar-refractivity contribution < 1.29 is 31.1 Å². The van der Waals surface area contributed by atoms with Crippen LogP contribution in [0.15, 0.2) is 53.4 Å². The molecule has 5 nitrogen and oxygen atoms in total. The Morgan fingerprint density at radius 3 is 1.91 bits per heavy atom. The van der Waals surface area contributed by atoms with Gasteiger partial charge in [0.05, 0.1) is 12.0 Å². The maximum atomic E-state index is 12.1. The summed E-state index contributed by atoms with van der Waals surface area (Å²) in [5, 5.41) is 0. The molecule has 0 aliphatic heterocycles. The molecule has 124 valence electrons. The lowest BCUT2D eigenvalue weighted by Crippen LogP contribution is -2.17. The summed E-state index contributed by atoms with van der Waals surface area (Å²) < 4.78 is 71.4. The number of hydrogen-bond acceptors (Lipinski definition) is 4. The number of benzene rings is 2. The zero-order chi connectivity index (χ0) is 17.1. The van der Waals surface area contributed by atoms with Crippen LogP contribution >= 0.6 is 0 Å². The van der Waals surface area contributed by atoms with Gasteiger partial charge in [0.1, 0.15) is 11.5 Å². The highest BCUT2D eigenvalue weighted by Gasteiger charge is 2.31. The second-order valence-electron chi connectivity index (χ2n) is 4.35. The minimum atomic E-state index is -4.83. The van der Waals surface area contributed by atoms with Gasteiger partial charge in [-0.1, -0.05) is 0 Å². The number of halogens is 3. The van der Waals surface area contributed by atoms with Crippen molar-refractivity contribution in [1.82, 2.24) is 0 Å². The van der Waals surface area contributed by atoms with E-state index in [-0.39, 0.29) is 4.90 Å². The average molecular weight is 347 g/mol. The van der Waals surface area contributed by atoms with Crippen molar-refractivity contribution in [2.45, 2.75) is 11.3 Å². The molecule has 0 unspecified atom stereocenters. The smallest absolute Gasteiger partial charge is 0.497 e. The molecule has 0 bridgehead atoms. The van der Waals surface area contributed by atoms with E-state index in [0.717, 1.165) is 24.3 Å². The maximum Gasteiger partial charge on any atom is 0.573 e. The van der Waals surface area contributed by atoms with Crippen LogP contribution in [0.1, 0.15) is 0 Å². The van der Waals surface area contributed by atoms with E-state index in [0.29, 0.717) is 11.4 Å². The van der Waals surface area contributed by atoms with Gasteiger partial charge >= 0.3 is 6.36 Å². The molecule has 9 heteroatoms. The summed E-state index contributed by atoms with van der Waals surface area (Å²) in [6, 6.07) is 10.0. The Labute approximate surface area is 130 Å². The highest BCUT2D eigenvalue weighted by atomic mass is 32.2. The summed E-state index contributed by atoms with van der Waals surface area (Å²) in [5.74, 6) is 0.0579. The van der Waals surface area contributed by atoms with E-state index in [2.05, 4.69) is 9.46 Å². The second-order valence-corrected chi connectivity index (χ2v) is 6.04. The Morgan fingerprint density at radius 2 is 1.43 bits per heavy atom. The van der Waals surface area contributed by atoms with Crippen LogP contribution in [0.5, 0.6) is 11.5 Å². The zero-order valence-electron chi connectivity index (χ0n) is 11.8. The average Bonchev–Trinajstić information content (AvgIpc) is 2.46. The third-order valence-corrected chi connectivity index (χ3v) is 4.11. The first-order valence-electron chi connectivity index (χ1n) is 6.22. The van der Waals surface area contributed by atoms with Crippen LogP contribution in [0.2, 0.25) is 0 Å². The molecule has 0 saturated heterocycles. The summed E-state index contributed by atoms with van der Waals surface area (Å²) >= 11 is 0. The molecule has 0 aliphatic rings. The lowest BCUT2D eigenvalue weighted by atomic mass is 10.3. The van der Waals surface area contributed by atoms with Crippen molar-refractivity contribution >= 4 is 15.7 Å². The predicted octanol–water partition coefficient (Wildman–Crippen LogP) is 3.39. The summed E-state index contributed by atoms with van der Waals surface area (Å²) in [4.78, 5) is -0.192. The number of anilines is 1. The van der Waals surface area contributed by atoms with E-state index in [4.69, 9.17) is 4.74 Å². The molecular weight excluding hydrogens is 335 g/mol. The fraction of sp³-hybridized carbons (Fsp3) is 0.143. The van der Waals surface area contributed by atoms with E-state index in [1.165, 1.54) is 19.2 Å². The van der Waals surface area contributed by atoms with E-state index in [1.807, 2.05) is 0 Å². The predicted molar refractivity (Wildman–Crippen MR) is 76.9 cm³/mol. The molecule has 2 aromatic carbocycles. The Kier molecular flexibility index (Phi) is 4.69. The maximum absolute atomic E-state index is 12.1. The monoisotopic (exact) mass is 347 g/mol. The molecule has 0 heterocycles. The van der Waals surface area contributed by atoms with Gasteiger partial charge in [0.25, 0.3) is 10.0 Å². The highest BCUT2D eigenvalue weighted by Crippen LogP contribution is 2.25. The number of sulfonamides is 1. The molecule has 2 aromatic rings. The van der Waals surface area contributed by atoms with Crippen molar-refractivity contribution in [3.63, 3.8) is 0 Å². The van der Waals surface area contributed by atoms with E-state index in [9.17, 15) is 21.6 Å². The van der Waals surface area contributed by atoms with Gasteiger partial charge < -0.3 is 9.47 Å². The van der Waals surface area contributed by atoms with Crippen molar-refractivity contribution in [2.24, 2.45) is 0 Å². The van der Waals surface area contributed by atoms with Gasteiger partial charge in [-0.2, -0.15) is 0 Å². The van der Waals surface area contributed by atoms with E-state index >= 15 is 0 Å². The third kappa shape index (κ3) is 4.78. The largest absolute Gasteiger partial charge is 0.573 e. The van der Waals surface area contributed by atoms with Gasteiger partial charge in [-0.05, 0) is 48.5 Å². The van der Waals surface area contributed by atoms with E-state index < -0.39 is 22.1 Å². The fourth-order valence-corrected chi connectivity index (χ4v) is 2.75. The SMILES string of the molecule is COc1ccc(NS(=O)(=O)c2ccc(OC(F)(F)F)cc2)cc1. The van der Waals surface area contributed by atoms with Crippen LogP contribution in [0, 0.1) is 0 Å². The molecule has 0 atom stereocenters. The standard InChI is InChI=1S/C14H12F3NO4S/c1-21-11-4-2-10(3-5-11)18-23(19,20)13-8-6-12(7-9-13)22-14(15,16)17/h2-9,18H,1H3. The van der Waals surface area contributed by atoms with Gasteiger partial charge in [-0.15, -0.1) is 13.2 Å². The Balaban J connectivity index is 2.15. The third-order valence-electron chi connectivity index (χ3n) is 2.71. The van der Waals surface area contributed by atoms with Gasteiger partial charge in [0.15, 0.2) is 0 Å². The van der Waals surface area contributed by atoms with Crippen LogP contribution in [0.4, 0.5) is 18.9 Å². The molecule has 0 fully saturated rings. The molecule has 0 amide bonds. The molecule has 0 aromatic heterocycles. The van der Waals surface area contributed by atoms with Crippen molar-refractivity contribution in [3.05, 3.63) is 48.5 Å². The number of ether oxygens (including phenoxy) is 2. The highest BCUT2D eigenvalue weighted by molar-refractivity contribution is 7.92. The van der Waals surface area contributed by atoms with Gasteiger partial charge in [-0.25, -0.2) is 8.42 Å². The van der Waals surface area contributed by atoms with Crippen molar-refractivity contribution in [2.75, 3.05) is 11.8 Å². The molecule has 1 N–H and O–H groups in total. The van der Waals surface area contributed by atoms with Gasteiger partial charge in [0.2, 0.25) is 0 Å². The lowest BCUT2D eigenvalue weighted by Gasteiger charge is -2.11. The summed E-state index contributed by atoms with van der Waals surface area (Å²) in [7, 11) is -2.45. The Hall–Kier alpha value is -2.42. The minimum absolute atomic E-state index is 0.192. The van der Waals surface area contributed by atoms with Crippen LogP contribution in [0.25, 0.3) is 0 Å². The van der Waals surface area contributed by atoms with Crippen LogP contribution < -0.4 is 14.2 Å². The summed E-state index contributed by atoms with van der Waals surface area (Å²) in [6.45, 7) is 0. The molecule has 2 rings (SSSR count). The molecule has 0 aliphatic carbocycles. The first-order valence-corrected chi connectivity index (χ1v) is 7.71. The molecule has 0 spiro atoms. The van der Waals surface area contributed by atoms with Crippen LogP contribution in [-0.4, -0.2) is 21.9 Å². The summed E-state index contributed by atoms with van der Waals surface area (Å²) in [6.07, 6.45) is -4.83. The normalized spacial score (nSPS) is 11.8. The van der Waals surface area contributed by atoms with Crippen LogP contribution in [-0.2, 0) is 10.0 Å². The Bertz CT molecular complexity index is 756. The number of methoxy groups -OCH3 is 1.